The van der Waals surface area contributed by atoms with Crippen LogP contribution >= 0.6 is 0 Å². The molecule has 2 aromatic rings. The van der Waals surface area contributed by atoms with Crippen LogP contribution in [0.25, 0.3) is 0 Å². The first-order valence-electron chi connectivity index (χ1n) is 10.5. The maximum Gasteiger partial charge on any atom is 0.237 e. The average Bonchev–Trinajstić information content (AvgIpc) is 3.42. The minimum Gasteiger partial charge on any atom is -0.369 e. The normalized spacial score (nSPS) is 15.3. The molecular formula is C21H29N7O2. The molecule has 1 fully saturated rings. The molecule has 9 heteroatoms. The highest BCUT2D eigenvalue weighted by atomic mass is 16.5. The molecule has 1 atom stereocenters. The first kappa shape index (κ1) is 21.6. The van der Waals surface area contributed by atoms with E-state index in [4.69, 9.17) is 4.52 Å². The van der Waals surface area contributed by atoms with Crippen molar-refractivity contribution < 1.29 is 9.32 Å². The molecule has 4 N–H and O–H groups in total. The number of unbranched alkanes of at least 4 members (excludes halogenated alkanes) is 1. The second kappa shape index (κ2) is 11.2. The summed E-state index contributed by atoms with van der Waals surface area (Å²) >= 11 is 0. The molecule has 0 saturated carbocycles. The number of anilines is 3. The van der Waals surface area contributed by atoms with Gasteiger partial charge in [0, 0.05) is 25.6 Å². The van der Waals surface area contributed by atoms with Gasteiger partial charge in [0.05, 0.1) is 23.5 Å². The van der Waals surface area contributed by atoms with E-state index in [1.54, 1.807) is 12.3 Å². The van der Waals surface area contributed by atoms with E-state index < -0.39 is 0 Å². The maximum atomic E-state index is 12.0. The molecule has 1 aliphatic rings. The summed E-state index contributed by atoms with van der Waals surface area (Å²) in [5.74, 6) is 7.95. The standard InChI is InChI=1S/C21H29N7O2/c1-3-10-23-19-16(14-25-21(27-19)26-18-13-15(2)28-30-18)8-5-4-6-11-24-20(29)17-9-7-12-22-17/h13-14,17,22H,3-4,6-7,9-12H2,1-2H3,(H,24,29)(H2,23,25,26,27). The Kier molecular flexibility index (Phi) is 8.03. The summed E-state index contributed by atoms with van der Waals surface area (Å²) in [6.07, 6.45) is 6.12. The van der Waals surface area contributed by atoms with Crippen LogP contribution in [0.4, 0.5) is 17.7 Å². The SMILES string of the molecule is CCCNc1nc(Nc2cc(C)no2)ncc1C#CCCCNC(=O)C1CCCN1. The summed E-state index contributed by atoms with van der Waals surface area (Å²) < 4.78 is 5.15. The molecular weight excluding hydrogens is 382 g/mol. The van der Waals surface area contributed by atoms with E-state index >= 15 is 0 Å². The minimum absolute atomic E-state index is 0.0339. The lowest BCUT2D eigenvalue weighted by Crippen LogP contribution is -2.40. The number of aryl methyl sites for hydroxylation is 1. The minimum atomic E-state index is -0.0339. The molecule has 1 amide bonds. The van der Waals surface area contributed by atoms with Gasteiger partial charge in [0.1, 0.15) is 5.82 Å². The molecule has 0 aliphatic carbocycles. The number of nitrogens with one attached hydrogen (secondary N) is 4. The smallest absolute Gasteiger partial charge is 0.237 e. The highest BCUT2D eigenvalue weighted by Gasteiger charge is 2.20. The topological polar surface area (TPSA) is 117 Å². The molecule has 9 nitrogen and oxygen atoms in total. The van der Waals surface area contributed by atoms with Crippen LogP contribution in [0.5, 0.6) is 0 Å². The van der Waals surface area contributed by atoms with Crippen LogP contribution in [-0.4, -0.2) is 46.7 Å². The molecule has 1 aliphatic heterocycles. The van der Waals surface area contributed by atoms with Gasteiger partial charge in [0.2, 0.25) is 17.7 Å². The quantitative estimate of drug-likeness (QED) is 0.367. The lowest BCUT2D eigenvalue weighted by molar-refractivity contribution is -0.122. The molecule has 0 bridgehead atoms. The fourth-order valence-corrected chi connectivity index (χ4v) is 3.02. The van der Waals surface area contributed by atoms with Crippen LogP contribution in [-0.2, 0) is 4.79 Å². The van der Waals surface area contributed by atoms with Crippen molar-refractivity contribution in [3.8, 4) is 11.8 Å². The molecule has 1 saturated heterocycles. The lowest BCUT2D eigenvalue weighted by atomic mass is 10.2. The molecule has 0 spiro atoms. The van der Waals surface area contributed by atoms with E-state index in [0.29, 0.717) is 30.6 Å². The van der Waals surface area contributed by atoms with Crippen LogP contribution in [0, 0.1) is 18.8 Å². The number of amides is 1. The van der Waals surface area contributed by atoms with Gasteiger partial charge in [-0.1, -0.05) is 23.9 Å². The number of aromatic nitrogens is 3. The second-order valence-corrected chi connectivity index (χ2v) is 7.19. The summed E-state index contributed by atoms with van der Waals surface area (Å²) in [7, 11) is 0. The molecule has 3 heterocycles. The Morgan fingerprint density at radius 2 is 2.30 bits per heavy atom. The van der Waals surface area contributed by atoms with Gasteiger partial charge in [-0.3, -0.25) is 10.1 Å². The predicted octanol–water partition coefficient (Wildman–Crippen LogP) is 2.34. The van der Waals surface area contributed by atoms with Gasteiger partial charge in [-0.2, -0.15) is 4.98 Å². The van der Waals surface area contributed by atoms with Crippen LogP contribution in [0.1, 0.15) is 50.3 Å². The molecule has 2 aromatic heterocycles. The average molecular weight is 412 g/mol. The highest BCUT2D eigenvalue weighted by Crippen LogP contribution is 2.17. The van der Waals surface area contributed by atoms with Crippen LogP contribution < -0.4 is 21.3 Å². The van der Waals surface area contributed by atoms with E-state index in [2.05, 4.69) is 55.2 Å². The summed E-state index contributed by atoms with van der Waals surface area (Å²) in [6.45, 7) is 6.27. The monoisotopic (exact) mass is 411 g/mol. The number of hydrogen-bond acceptors (Lipinski definition) is 8. The molecule has 0 radical (unpaired) electrons. The van der Waals surface area contributed by atoms with Crippen molar-refractivity contribution >= 4 is 23.6 Å². The van der Waals surface area contributed by atoms with Crippen molar-refractivity contribution in [1.82, 2.24) is 25.8 Å². The Labute approximate surface area is 176 Å². The van der Waals surface area contributed by atoms with Crippen LogP contribution in [0.2, 0.25) is 0 Å². The fraction of sp³-hybridized carbons (Fsp3) is 0.524. The zero-order valence-corrected chi connectivity index (χ0v) is 17.5. The van der Waals surface area contributed by atoms with Gasteiger partial charge in [-0.05, 0) is 39.2 Å². The fourth-order valence-electron chi connectivity index (χ4n) is 3.02. The third-order valence-electron chi connectivity index (χ3n) is 4.57. The van der Waals surface area contributed by atoms with E-state index in [0.717, 1.165) is 50.0 Å². The second-order valence-electron chi connectivity index (χ2n) is 7.19. The van der Waals surface area contributed by atoms with Crippen molar-refractivity contribution in [2.75, 3.05) is 30.3 Å². The number of hydrogen-bond donors (Lipinski definition) is 4. The van der Waals surface area contributed by atoms with E-state index in [1.807, 2.05) is 6.92 Å². The Morgan fingerprint density at radius 1 is 1.40 bits per heavy atom. The molecule has 0 aromatic carbocycles. The summed E-state index contributed by atoms with van der Waals surface area (Å²) in [4.78, 5) is 20.8. The Balaban J connectivity index is 1.53. The number of rotatable bonds is 9. The van der Waals surface area contributed by atoms with Crippen molar-refractivity contribution in [3.05, 3.63) is 23.5 Å². The maximum absolute atomic E-state index is 12.0. The van der Waals surface area contributed by atoms with Gasteiger partial charge >= 0.3 is 0 Å². The molecule has 160 valence electrons. The molecule has 1 unspecified atom stereocenters. The van der Waals surface area contributed by atoms with Gasteiger partial charge in [-0.15, -0.1) is 0 Å². The van der Waals surface area contributed by atoms with Gasteiger partial charge in [0.25, 0.3) is 0 Å². The van der Waals surface area contributed by atoms with Crippen molar-refractivity contribution in [1.29, 1.82) is 0 Å². The lowest BCUT2D eigenvalue weighted by Gasteiger charge is -2.10. The van der Waals surface area contributed by atoms with Crippen molar-refractivity contribution in [3.63, 3.8) is 0 Å². The van der Waals surface area contributed by atoms with Gasteiger partial charge < -0.3 is 20.5 Å². The Morgan fingerprint density at radius 3 is 3.03 bits per heavy atom. The van der Waals surface area contributed by atoms with Gasteiger partial charge in [0.15, 0.2) is 0 Å². The zero-order chi connectivity index (χ0) is 21.2. The Hall–Kier alpha value is -3.12. The number of carbonyl (C=O) groups excluding carboxylic acids is 1. The van der Waals surface area contributed by atoms with Crippen LogP contribution in [0.15, 0.2) is 16.8 Å². The van der Waals surface area contributed by atoms with E-state index in [9.17, 15) is 4.79 Å². The first-order chi connectivity index (χ1) is 14.7. The summed E-state index contributed by atoms with van der Waals surface area (Å²) in [5, 5.41) is 16.3. The first-order valence-corrected chi connectivity index (χ1v) is 10.5. The van der Waals surface area contributed by atoms with E-state index in [1.165, 1.54) is 0 Å². The van der Waals surface area contributed by atoms with Crippen molar-refractivity contribution in [2.24, 2.45) is 0 Å². The highest BCUT2D eigenvalue weighted by molar-refractivity contribution is 5.81. The van der Waals surface area contributed by atoms with Crippen molar-refractivity contribution in [2.45, 2.75) is 52.0 Å². The largest absolute Gasteiger partial charge is 0.369 e. The third-order valence-corrected chi connectivity index (χ3v) is 4.57. The zero-order valence-electron chi connectivity index (χ0n) is 17.5. The summed E-state index contributed by atoms with van der Waals surface area (Å²) in [6, 6.07) is 1.74. The molecule has 3 rings (SSSR count). The third kappa shape index (κ3) is 6.46. The Bertz CT molecular complexity index is 894. The summed E-state index contributed by atoms with van der Waals surface area (Å²) in [5.41, 5.74) is 1.52. The van der Waals surface area contributed by atoms with Crippen LogP contribution in [0.3, 0.4) is 0 Å². The van der Waals surface area contributed by atoms with E-state index in [-0.39, 0.29) is 11.9 Å². The number of carbonyl (C=O) groups is 1. The predicted molar refractivity (Wildman–Crippen MR) is 115 cm³/mol. The molecule has 30 heavy (non-hydrogen) atoms. The van der Waals surface area contributed by atoms with Gasteiger partial charge in [-0.25, -0.2) is 4.98 Å². The number of nitrogens with zero attached hydrogens (tertiary/aromatic N) is 3.